The zero-order chi connectivity index (χ0) is 13.1. The van der Waals surface area contributed by atoms with Gasteiger partial charge in [0, 0.05) is 23.2 Å². The second-order valence-corrected chi connectivity index (χ2v) is 6.61. The van der Waals surface area contributed by atoms with Crippen LogP contribution in [0.25, 0.3) is 0 Å². The van der Waals surface area contributed by atoms with Gasteiger partial charge < -0.3 is 10.6 Å². The van der Waals surface area contributed by atoms with E-state index in [1.165, 1.54) is 18.4 Å². The van der Waals surface area contributed by atoms with Crippen molar-refractivity contribution in [2.75, 3.05) is 12.3 Å². The van der Waals surface area contributed by atoms with Gasteiger partial charge in [-0.25, -0.2) is 0 Å². The third-order valence-corrected chi connectivity index (χ3v) is 4.25. The van der Waals surface area contributed by atoms with Crippen molar-refractivity contribution >= 4 is 11.6 Å². The van der Waals surface area contributed by atoms with Crippen LogP contribution in [-0.4, -0.2) is 22.9 Å². The van der Waals surface area contributed by atoms with Gasteiger partial charge in [0.05, 0.1) is 5.56 Å². The molecule has 1 fully saturated rings. The van der Waals surface area contributed by atoms with Crippen molar-refractivity contribution in [2.24, 2.45) is 0 Å². The highest BCUT2D eigenvalue weighted by Crippen LogP contribution is 2.54. The molecule has 1 spiro atoms. The average molecular weight is 244 g/mol. The summed E-state index contributed by atoms with van der Waals surface area (Å²) in [5.41, 5.74) is 8.62. The van der Waals surface area contributed by atoms with Gasteiger partial charge in [0.1, 0.15) is 0 Å². The summed E-state index contributed by atoms with van der Waals surface area (Å²) < 4.78 is 0. The molecule has 1 amide bonds. The smallest absolute Gasteiger partial charge is 0.256 e. The molecule has 1 aliphatic carbocycles. The van der Waals surface area contributed by atoms with E-state index in [2.05, 4.69) is 26.8 Å². The van der Waals surface area contributed by atoms with Crippen molar-refractivity contribution in [1.82, 2.24) is 4.90 Å². The lowest BCUT2D eigenvalue weighted by Gasteiger charge is -2.43. The standard InChI is InChI=1S/C15H20N2O/c1-14(2,3)17-9-15(7-8-15)10-5-4-6-11(16)12(10)13(17)18/h4-6H,7-9,16H2,1-3H3. The number of carbonyl (C=O) groups is 1. The van der Waals surface area contributed by atoms with Gasteiger partial charge in [-0.2, -0.15) is 0 Å². The fourth-order valence-corrected chi connectivity index (χ4v) is 2.97. The van der Waals surface area contributed by atoms with E-state index in [0.29, 0.717) is 5.69 Å². The molecule has 3 heteroatoms. The van der Waals surface area contributed by atoms with E-state index in [9.17, 15) is 4.79 Å². The van der Waals surface area contributed by atoms with Gasteiger partial charge in [-0.3, -0.25) is 4.79 Å². The highest BCUT2D eigenvalue weighted by molar-refractivity contribution is 6.02. The van der Waals surface area contributed by atoms with Crippen molar-refractivity contribution in [1.29, 1.82) is 0 Å². The minimum Gasteiger partial charge on any atom is -0.398 e. The molecule has 0 aromatic heterocycles. The predicted octanol–water partition coefficient (Wildman–Crippen LogP) is 2.55. The Bertz CT molecular complexity index is 524. The van der Waals surface area contributed by atoms with E-state index in [1.54, 1.807) is 0 Å². The number of rotatable bonds is 0. The Balaban J connectivity index is 2.17. The number of fused-ring (bicyclic) bond motifs is 2. The molecule has 1 heterocycles. The molecule has 1 aliphatic heterocycles. The van der Waals surface area contributed by atoms with Crippen LogP contribution in [0.15, 0.2) is 18.2 Å². The Labute approximate surface area is 108 Å². The third-order valence-electron chi connectivity index (χ3n) is 4.25. The first kappa shape index (κ1) is 11.6. The zero-order valence-corrected chi connectivity index (χ0v) is 11.3. The Morgan fingerprint density at radius 3 is 2.50 bits per heavy atom. The zero-order valence-electron chi connectivity index (χ0n) is 11.3. The number of hydrogen-bond donors (Lipinski definition) is 1. The molecule has 2 aliphatic rings. The molecule has 96 valence electrons. The van der Waals surface area contributed by atoms with Crippen LogP contribution < -0.4 is 5.73 Å². The summed E-state index contributed by atoms with van der Waals surface area (Å²) in [7, 11) is 0. The molecule has 3 nitrogen and oxygen atoms in total. The van der Waals surface area contributed by atoms with Crippen LogP contribution in [0, 0.1) is 0 Å². The summed E-state index contributed by atoms with van der Waals surface area (Å²) in [6.07, 6.45) is 2.34. The van der Waals surface area contributed by atoms with E-state index >= 15 is 0 Å². The lowest BCUT2D eigenvalue weighted by Crippen LogP contribution is -2.52. The maximum Gasteiger partial charge on any atom is 0.256 e. The molecule has 18 heavy (non-hydrogen) atoms. The second-order valence-electron chi connectivity index (χ2n) is 6.61. The molecule has 0 bridgehead atoms. The van der Waals surface area contributed by atoms with Gasteiger partial charge in [-0.1, -0.05) is 12.1 Å². The van der Waals surface area contributed by atoms with Crippen LogP contribution in [-0.2, 0) is 5.41 Å². The number of nitrogens with two attached hydrogens (primary N) is 1. The molecule has 3 rings (SSSR count). The molecule has 1 aromatic carbocycles. The number of nitrogen functional groups attached to an aromatic ring is 1. The SMILES string of the molecule is CC(C)(C)N1CC2(CC2)c2cccc(N)c2C1=O. The van der Waals surface area contributed by atoms with Crippen LogP contribution in [0.4, 0.5) is 5.69 Å². The number of carbonyl (C=O) groups excluding carboxylic acids is 1. The fourth-order valence-electron chi connectivity index (χ4n) is 2.97. The Hall–Kier alpha value is -1.51. The van der Waals surface area contributed by atoms with Gasteiger partial charge in [0.15, 0.2) is 0 Å². The molecule has 0 saturated heterocycles. The molecular formula is C15H20N2O. The summed E-state index contributed by atoms with van der Waals surface area (Å²) in [5.74, 6) is 0.0909. The third kappa shape index (κ3) is 1.46. The van der Waals surface area contributed by atoms with Gasteiger partial charge in [-0.05, 0) is 45.2 Å². The van der Waals surface area contributed by atoms with Gasteiger partial charge in [0.25, 0.3) is 5.91 Å². The first-order valence-electron chi connectivity index (χ1n) is 6.56. The van der Waals surface area contributed by atoms with E-state index in [-0.39, 0.29) is 16.9 Å². The highest BCUT2D eigenvalue weighted by atomic mass is 16.2. The summed E-state index contributed by atoms with van der Waals surface area (Å²) in [6.45, 7) is 7.10. The van der Waals surface area contributed by atoms with Crippen LogP contribution in [0.1, 0.15) is 49.5 Å². The number of amides is 1. The van der Waals surface area contributed by atoms with Crippen LogP contribution in [0.3, 0.4) is 0 Å². The first-order valence-corrected chi connectivity index (χ1v) is 6.56. The normalized spacial score (nSPS) is 21.1. The Kier molecular flexibility index (Phi) is 2.11. The number of benzene rings is 1. The summed E-state index contributed by atoms with van der Waals surface area (Å²) in [5, 5.41) is 0. The molecule has 0 radical (unpaired) electrons. The predicted molar refractivity (Wildman–Crippen MR) is 72.6 cm³/mol. The Morgan fingerprint density at radius 1 is 1.28 bits per heavy atom. The molecule has 0 unspecified atom stereocenters. The van der Waals surface area contributed by atoms with Crippen molar-refractivity contribution < 1.29 is 4.79 Å². The van der Waals surface area contributed by atoms with Gasteiger partial charge >= 0.3 is 0 Å². The van der Waals surface area contributed by atoms with Crippen LogP contribution >= 0.6 is 0 Å². The molecule has 0 atom stereocenters. The van der Waals surface area contributed by atoms with E-state index in [1.807, 2.05) is 17.0 Å². The lowest BCUT2D eigenvalue weighted by molar-refractivity contribution is 0.0519. The second kappa shape index (κ2) is 3.28. The van der Waals surface area contributed by atoms with Crippen molar-refractivity contribution in [3.8, 4) is 0 Å². The van der Waals surface area contributed by atoms with Crippen molar-refractivity contribution in [3.63, 3.8) is 0 Å². The number of anilines is 1. The van der Waals surface area contributed by atoms with E-state index in [4.69, 9.17) is 5.73 Å². The topological polar surface area (TPSA) is 46.3 Å². The van der Waals surface area contributed by atoms with Gasteiger partial charge in [0.2, 0.25) is 0 Å². The van der Waals surface area contributed by atoms with Crippen LogP contribution in [0.5, 0.6) is 0 Å². The fraction of sp³-hybridized carbons (Fsp3) is 0.533. The lowest BCUT2D eigenvalue weighted by atomic mass is 9.83. The number of hydrogen-bond acceptors (Lipinski definition) is 2. The average Bonchev–Trinajstić information content (AvgIpc) is 3.03. The Morgan fingerprint density at radius 2 is 1.94 bits per heavy atom. The van der Waals surface area contributed by atoms with Crippen molar-refractivity contribution in [2.45, 2.75) is 44.6 Å². The molecule has 1 saturated carbocycles. The van der Waals surface area contributed by atoms with E-state index < -0.39 is 0 Å². The number of nitrogens with zero attached hydrogens (tertiary/aromatic N) is 1. The maximum absolute atomic E-state index is 12.6. The maximum atomic E-state index is 12.6. The minimum absolute atomic E-state index is 0.0909. The first-order chi connectivity index (χ1) is 8.35. The highest BCUT2D eigenvalue weighted by Gasteiger charge is 2.53. The van der Waals surface area contributed by atoms with E-state index in [0.717, 1.165) is 12.1 Å². The monoisotopic (exact) mass is 244 g/mol. The molecular weight excluding hydrogens is 224 g/mol. The molecule has 1 aromatic rings. The van der Waals surface area contributed by atoms with Crippen molar-refractivity contribution in [3.05, 3.63) is 29.3 Å². The van der Waals surface area contributed by atoms with Gasteiger partial charge in [-0.15, -0.1) is 0 Å². The summed E-state index contributed by atoms with van der Waals surface area (Å²) in [6, 6.07) is 5.88. The molecule has 2 N–H and O–H groups in total. The minimum atomic E-state index is -0.146. The summed E-state index contributed by atoms with van der Waals surface area (Å²) >= 11 is 0. The quantitative estimate of drug-likeness (QED) is 0.713. The van der Waals surface area contributed by atoms with Crippen LogP contribution in [0.2, 0.25) is 0 Å². The summed E-state index contributed by atoms with van der Waals surface area (Å²) in [4.78, 5) is 14.6. The largest absolute Gasteiger partial charge is 0.398 e.